The largest absolute Gasteiger partial charge is 0.314 e. The van der Waals surface area contributed by atoms with E-state index in [0.29, 0.717) is 6.04 Å². The molecule has 2 atom stereocenters. The van der Waals surface area contributed by atoms with Crippen molar-refractivity contribution >= 4 is 0 Å². The molecule has 0 bridgehead atoms. The highest BCUT2D eigenvalue weighted by atomic mass is 15.2. The Kier molecular flexibility index (Phi) is 6.15. The summed E-state index contributed by atoms with van der Waals surface area (Å²) in [4.78, 5) is 2.82. The van der Waals surface area contributed by atoms with Gasteiger partial charge >= 0.3 is 0 Å². The summed E-state index contributed by atoms with van der Waals surface area (Å²) < 4.78 is 0. The third-order valence-corrected chi connectivity index (χ3v) is 5.24. The van der Waals surface area contributed by atoms with Crippen molar-refractivity contribution in [3.8, 4) is 0 Å². The average molecular weight is 266 g/mol. The van der Waals surface area contributed by atoms with Gasteiger partial charge in [0, 0.05) is 18.6 Å². The van der Waals surface area contributed by atoms with Crippen LogP contribution in [0.2, 0.25) is 0 Å². The summed E-state index contributed by atoms with van der Waals surface area (Å²) in [6, 6.07) is 1.59. The average Bonchev–Trinajstić information content (AvgIpc) is 2.41. The van der Waals surface area contributed by atoms with Gasteiger partial charge in [-0.05, 0) is 64.0 Å². The van der Waals surface area contributed by atoms with E-state index in [2.05, 4.69) is 31.0 Å². The van der Waals surface area contributed by atoms with Gasteiger partial charge in [-0.25, -0.2) is 0 Å². The van der Waals surface area contributed by atoms with E-state index in [1.807, 2.05) is 0 Å². The summed E-state index contributed by atoms with van der Waals surface area (Å²) in [6.45, 7) is 10.9. The predicted octanol–water partition coefficient (Wildman–Crippen LogP) is 3.67. The fraction of sp³-hybridized carbons (Fsp3) is 1.00. The number of nitrogens with one attached hydrogen (secondary N) is 1. The molecule has 1 saturated carbocycles. The third-order valence-electron chi connectivity index (χ3n) is 5.24. The van der Waals surface area contributed by atoms with Crippen molar-refractivity contribution < 1.29 is 0 Å². The van der Waals surface area contributed by atoms with Crippen molar-refractivity contribution in [3.63, 3.8) is 0 Å². The van der Waals surface area contributed by atoms with Crippen molar-refractivity contribution in [1.29, 1.82) is 0 Å². The molecule has 2 fully saturated rings. The predicted molar refractivity (Wildman–Crippen MR) is 83.5 cm³/mol. The molecule has 2 unspecified atom stereocenters. The Morgan fingerprint density at radius 1 is 1.05 bits per heavy atom. The summed E-state index contributed by atoms with van der Waals surface area (Å²) in [5.41, 5.74) is 0. The van der Waals surface area contributed by atoms with Crippen molar-refractivity contribution in [2.24, 2.45) is 11.8 Å². The van der Waals surface area contributed by atoms with E-state index in [0.717, 1.165) is 17.9 Å². The fourth-order valence-corrected chi connectivity index (χ4v) is 3.96. The third kappa shape index (κ3) is 4.75. The Morgan fingerprint density at radius 3 is 2.47 bits per heavy atom. The number of nitrogens with zero attached hydrogens (tertiary/aromatic N) is 1. The van der Waals surface area contributed by atoms with E-state index in [1.54, 1.807) is 0 Å². The first-order valence-corrected chi connectivity index (χ1v) is 8.66. The van der Waals surface area contributed by atoms with Gasteiger partial charge in [-0.3, -0.25) is 0 Å². The molecule has 0 aromatic heterocycles. The van der Waals surface area contributed by atoms with Crippen LogP contribution in [-0.4, -0.2) is 36.6 Å². The first kappa shape index (κ1) is 15.3. The fourth-order valence-electron chi connectivity index (χ4n) is 3.96. The van der Waals surface area contributed by atoms with Crippen LogP contribution in [0.5, 0.6) is 0 Å². The highest BCUT2D eigenvalue weighted by molar-refractivity contribution is 4.83. The Bertz CT molecular complexity index is 246. The van der Waals surface area contributed by atoms with Gasteiger partial charge in [0.15, 0.2) is 0 Å². The summed E-state index contributed by atoms with van der Waals surface area (Å²) in [5, 5.41) is 3.65. The highest BCUT2D eigenvalue weighted by Crippen LogP contribution is 2.31. The number of hydrogen-bond donors (Lipinski definition) is 1. The minimum absolute atomic E-state index is 0.696. The first-order valence-electron chi connectivity index (χ1n) is 8.66. The van der Waals surface area contributed by atoms with Crippen LogP contribution in [0.1, 0.15) is 65.7 Å². The summed E-state index contributed by atoms with van der Waals surface area (Å²) in [7, 11) is 0. The molecule has 1 saturated heterocycles. The van der Waals surface area contributed by atoms with E-state index >= 15 is 0 Å². The second kappa shape index (κ2) is 7.64. The van der Waals surface area contributed by atoms with Crippen LogP contribution >= 0.6 is 0 Å². The molecule has 2 nitrogen and oxygen atoms in total. The molecular weight excluding hydrogens is 232 g/mol. The van der Waals surface area contributed by atoms with Gasteiger partial charge in [0.05, 0.1) is 0 Å². The zero-order valence-corrected chi connectivity index (χ0v) is 13.3. The van der Waals surface area contributed by atoms with E-state index in [4.69, 9.17) is 0 Å². The maximum atomic E-state index is 3.65. The Hall–Kier alpha value is -0.0800. The van der Waals surface area contributed by atoms with Gasteiger partial charge in [0.2, 0.25) is 0 Å². The van der Waals surface area contributed by atoms with Crippen LogP contribution in [0.15, 0.2) is 0 Å². The van der Waals surface area contributed by atoms with Gasteiger partial charge in [-0.1, -0.05) is 26.7 Å². The van der Waals surface area contributed by atoms with Crippen LogP contribution in [-0.2, 0) is 0 Å². The molecule has 1 aliphatic carbocycles. The van der Waals surface area contributed by atoms with Gasteiger partial charge in [0.25, 0.3) is 0 Å². The van der Waals surface area contributed by atoms with Crippen LogP contribution in [0.3, 0.4) is 0 Å². The molecule has 2 rings (SSSR count). The lowest BCUT2D eigenvalue weighted by atomic mass is 9.82. The van der Waals surface area contributed by atoms with Crippen LogP contribution < -0.4 is 5.32 Å². The molecule has 112 valence electrons. The Balaban J connectivity index is 1.82. The molecule has 2 heteroatoms. The maximum Gasteiger partial charge on any atom is 0.00955 e. The zero-order chi connectivity index (χ0) is 13.7. The van der Waals surface area contributed by atoms with Gasteiger partial charge in [-0.2, -0.15) is 0 Å². The highest BCUT2D eigenvalue weighted by Gasteiger charge is 2.27. The summed E-state index contributed by atoms with van der Waals surface area (Å²) in [6.07, 6.45) is 10.0. The van der Waals surface area contributed by atoms with E-state index < -0.39 is 0 Å². The first-order chi connectivity index (χ1) is 9.19. The SMILES string of the molecule is CCCC1CCC(N2CCC(C)NCC(C)C2)CC1. The Labute approximate surface area is 120 Å². The Morgan fingerprint density at radius 2 is 1.79 bits per heavy atom. The molecule has 1 heterocycles. The number of hydrogen-bond acceptors (Lipinski definition) is 2. The molecule has 0 spiro atoms. The molecule has 1 aliphatic heterocycles. The van der Waals surface area contributed by atoms with Crippen LogP contribution in [0.25, 0.3) is 0 Å². The van der Waals surface area contributed by atoms with Crippen LogP contribution in [0.4, 0.5) is 0 Å². The molecule has 0 radical (unpaired) electrons. The molecule has 0 aromatic carbocycles. The number of rotatable bonds is 3. The smallest absolute Gasteiger partial charge is 0.00955 e. The summed E-state index contributed by atoms with van der Waals surface area (Å²) >= 11 is 0. The molecule has 0 aromatic rings. The van der Waals surface area contributed by atoms with Crippen molar-refractivity contribution in [3.05, 3.63) is 0 Å². The lowest BCUT2D eigenvalue weighted by molar-refractivity contribution is 0.104. The van der Waals surface area contributed by atoms with Gasteiger partial charge < -0.3 is 10.2 Å². The van der Waals surface area contributed by atoms with Gasteiger partial charge in [0.1, 0.15) is 0 Å². The maximum absolute atomic E-state index is 3.65. The normalized spacial score (nSPS) is 38.7. The zero-order valence-electron chi connectivity index (χ0n) is 13.3. The van der Waals surface area contributed by atoms with Crippen molar-refractivity contribution in [1.82, 2.24) is 10.2 Å². The molecule has 0 amide bonds. The van der Waals surface area contributed by atoms with Gasteiger partial charge in [-0.15, -0.1) is 0 Å². The lowest BCUT2D eigenvalue weighted by Gasteiger charge is -2.40. The minimum Gasteiger partial charge on any atom is -0.314 e. The standard InChI is InChI=1S/C17H34N2/c1-4-5-16-6-8-17(9-7-16)19-11-10-15(3)18-12-14(2)13-19/h14-18H,4-13H2,1-3H3. The quantitative estimate of drug-likeness (QED) is 0.838. The topological polar surface area (TPSA) is 15.3 Å². The second-order valence-electron chi connectivity index (χ2n) is 7.16. The molecule has 2 aliphatic rings. The lowest BCUT2D eigenvalue weighted by Crippen LogP contribution is -2.47. The molecule has 19 heavy (non-hydrogen) atoms. The van der Waals surface area contributed by atoms with E-state index in [9.17, 15) is 0 Å². The minimum atomic E-state index is 0.696. The van der Waals surface area contributed by atoms with Crippen molar-refractivity contribution in [2.45, 2.75) is 77.8 Å². The van der Waals surface area contributed by atoms with E-state index in [1.165, 1.54) is 64.6 Å². The second-order valence-corrected chi connectivity index (χ2v) is 7.16. The molecular formula is C17H34N2. The van der Waals surface area contributed by atoms with Crippen molar-refractivity contribution in [2.75, 3.05) is 19.6 Å². The molecule has 1 N–H and O–H groups in total. The van der Waals surface area contributed by atoms with E-state index in [-0.39, 0.29) is 0 Å². The monoisotopic (exact) mass is 266 g/mol. The van der Waals surface area contributed by atoms with Crippen LogP contribution in [0, 0.1) is 11.8 Å². The summed E-state index contributed by atoms with van der Waals surface area (Å²) in [5.74, 6) is 1.84.